The molecule has 0 aliphatic carbocycles. The minimum Gasteiger partial charge on any atom is -0.493 e. The third-order valence-corrected chi connectivity index (χ3v) is 5.32. The molecule has 6 heteroatoms. The van der Waals surface area contributed by atoms with Crippen molar-refractivity contribution < 1.29 is 4.74 Å². The lowest BCUT2D eigenvalue weighted by molar-refractivity contribution is 0.0725. The molecule has 2 fully saturated rings. The van der Waals surface area contributed by atoms with Gasteiger partial charge in [0.2, 0.25) is 5.95 Å². The summed E-state index contributed by atoms with van der Waals surface area (Å²) in [5.41, 5.74) is 0. The normalized spacial score (nSPS) is 24.0. The van der Waals surface area contributed by atoms with Gasteiger partial charge in [0.15, 0.2) is 0 Å². The molecule has 2 aliphatic heterocycles. The lowest BCUT2D eigenvalue weighted by Crippen LogP contribution is -2.57. The number of piperazine rings is 1. The Labute approximate surface area is 153 Å². The predicted octanol–water partition coefficient (Wildman–Crippen LogP) is 3.11. The molecule has 2 saturated heterocycles. The van der Waals surface area contributed by atoms with Crippen molar-refractivity contribution >= 4 is 17.5 Å². The molecular formula is C19H23ClN4O. The molecule has 2 unspecified atom stereocenters. The Kier molecular flexibility index (Phi) is 5.04. The highest BCUT2D eigenvalue weighted by molar-refractivity contribution is 6.30. The van der Waals surface area contributed by atoms with Crippen LogP contribution in [-0.2, 0) is 0 Å². The maximum absolute atomic E-state index is 5.96. The molecule has 25 heavy (non-hydrogen) atoms. The molecule has 2 aliphatic rings. The number of hydrogen-bond acceptors (Lipinski definition) is 5. The molecule has 2 atom stereocenters. The van der Waals surface area contributed by atoms with Crippen LogP contribution >= 0.6 is 11.6 Å². The standard InChI is InChI=1S/C19H23ClN4O/c20-16-10-21-19(22-11-16)24-9-8-23-12-15(6-7-17(23)13-24)14-25-18-4-2-1-3-5-18/h1-5,10-11,15,17H,6-9,12-14H2. The molecule has 0 radical (unpaired) electrons. The SMILES string of the molecule is Clc1cnc(N2CCN3CC(COc4ccccc4)CCC3C2)nc1. The Morgan fingerprint density at radius 1 is 1.04 bits per heavy atom. The first-order valence-electron chi connectivity index (χ1n) is 8.92. The summed E-state index contributed by atoms with van der Waals surface area (Å²) in [6.07, 6.45) is 5.76. The number of benzene rings is 1. The van der Waals surface area contributed by atoms with Gasteiger partial charge in [-0.15, -0.1) is 0 Å². The van der Waals surface area contributed by atoms with E-state index < -0.39 is 0 Å². The maximum atomic E-state index is 5.96. The van der Waals surface area contributed by atoms with Crippen LogP contribution in [0.1, 0.15) is 12.8 Å². The van der Waals surface area contributed by atoms with Crippen LogP contribution in [0.25, 0.3) is 0 Å². The monoisotopic (exact) mass is 358 g/mol. The molecule has 0 bridgehead atoms. The Morgan fingerprint density at radius 3 is 2.64 bits per heavy atom. The summed E-state index contributed by atoms with van der Waals surface area (Å²) in [5, 5.41) is 0.585. The topological polar surface area (TPSA) is 41.5 Å². The van der Waals surface area contributed by atoms with Crippen LogP contribution in [0.5, 0.6) is 5.75 Å². The summed E-state index contributed by atoms with van der Waals surface area (Å²) in [4.78, 5) is 13.6. The third-order valence-electron chi connectivity index (χ3n) is 5.12. The van der Waals surface area contributed by atoms with Crippen molar-refractivity contribution in [2.45, 2.75) is 18.9 Å². The predicted molar refractivity (Wildman–Crippen MR) is 99.3 cm³/mol. The number of aromatic nitrogens is 2. The number of nitrogens with zero attached hydrogens (tertiary/aromatic N) is 4. The minimum atomic E-state index is 0.584. The van der Waals surface area contributed by atoms with Gasteiger partial charge in [0.25, 0.3) is 0 Å². The first-order valence-corrected chi connectivity index (χ1v) is 9.30. The largest absolute Gasteiger partial charge is 0.493 e. The van der Waals surface area contributed by atoms with Crippen LogP contribution in [0.2, 0.25) is 5.02 Å². The van der Waals surface area contributed by atoms with Crippen LogP contribution in [0.3, 0.4) is 0 Å². The Bertz CT molecular complexity index is 682. The number of rotatable bonds is 4. The molecule has 0 N–H and O–H groups in total. The summed E-state index contributed by atoms with van der Waals surface area (Å²) in [6.45, 7) is 4.93. The summed E-state index contributed by atoms with van der Waals surface area (Å²) in [7, 11) is 0. The van der Waals surface area contributed by atoms with Crippen LogP contribution in [-0.4, -0.2) is 53.7 Å². The molecule has 3 heterocycles. The van der Waals surface area contributed by atoms with Gasteiger partial charge in [0.1, 0.15) is 5.75 Å². The number of anilines is 1. The molecule has 1 aromatic carbocycles. The number of halogens is 1. The minimum absolute atomic E-state index is 0.584. The van der Waals surface area contributed by atoms with E-state index in [1.165, 1.54) is 12.8 Å². The summed E-state index contributed by atoms with van der Waals surface area (Å²) in [6, 6.07) is 10.7. The maximum Gasteiger partial charge on any atom is 0.225 e. The van der Waals surface area contributed by atoms with Gasteiger partial charge in [-0.3, -0.25) is 4.90 Å². The molecule has 132 valence electrons. The summed E-state index contributed by atoms with van der Waals surface area (Å²) in [5.74, 6) is 2.36. The Morgan fingerprint density at radius 2 is 1.84 bits per heavy atom. The Balaban J connectivity index is 1.30. The fraction of sp³-hybridized carbons (Fsp3) is 0.474. The zero-order chi connectivity index (χ0) is 17.1. The van der Waals surface area contributed by atoms with Crippen LogP contribution < -0.4 is 9.64 Å². The van der Waals surface area contributed by atoms with Crippen molar-refractivity contribution in [2.24, 2.45) is 5.92 Å². The van der Waals surface area contributed by atoms with Crippen LogP contribution in [0, 0.1) is 5.92 Å². The summed E-state index contributed by atoms with van der Waals surface area (Å²) >= 11 is 5.89. The fourth-order valence-corrected chi connectivity index (χ4v) is 3.87. The van der Waals surface area contributed by atoms with E-state index in [9.17, 15) is 0 Å². The number of piperidine rings is 1. The molecule has 0 saturated carbocycles. The lowest BCUT2D eigenvalue weighted by Gasteiger charge is -2.46. The first-order chi connectivity index (χ1) is 12.3. The highest BCUT2D eigenvalue weighted by atomic mass is 35.5. The van der Waals surface area contributed by atoms with E-state index in [-0.39, 0.29) is 0 Å². The zero-order valence-corrected chi connectivity index (χ0v) is 15.0. The number of ether oxygens (including phenoxy) is 1. The molecular weight excluding hydrogens is 336 g/mol. The molecule has 0 amide bonds. The van der Waals surface area contributed by atoms with Crippen molar-refractivity contribution in [2.75, 3.05) is 37.7 Å². The molecule has 5 nitrogen and oxygen atoms in total. The van der Waals surface area contributed by atoms with Crippen molar-refractivity contribution in [3.63, 3.8) is 0 Å². The highest BCUT2D eigenvalue weighted by Crippen LogP contribution is 2.27. The van der Waals surface area contributed by atoms with E-state index in [1.54, 1.807) is 12.4 Å². The van der Waals surface area contributed by atoms with Crippen molar-refractivity contribution in [3.8, 4) is 5.75 Å². The molecule has 4 rings (SSSR count). The van der Waals surface area contributed by atoms with Crippen molar-refractivity contribution in [1.82, 2.24) is 14.9 Å². The second-order valence-corrected chi connectivity index (χ2v) is 7.30. The number of para-hydroxylation sites is 1. The van der Waals surface area contributed by atoms with Gasteiger partial charge in [0.05, 0.1) is 24.0 Å². The first kappa shape index (κ1) is 16.6. The average Bonchev–Trinajstić information content (AvgIpc) is 2.67. The Hall–Kier alpha value is -1.85. The highest BCUT2D eigenvalue weighted by Gasteiger charge is 2.33. The van der Waals surface area contributed by atoms with E-state index in [0.29, 0.717) is 17.0 Å². The van der Waals surface area contributed by atoms with E-state index in [1.807, 2.05) is 30.3 Å². The van der Waals surface area contributed by atoms with Crippen molar-refractivity contribution in [3.05, 3.63) is 47.7 Å². The van der Waals surface area contributed by atoms with E-state index in [0.717, 1.165) is 44.5 Å². The number of hydrogen-bond donors (Lipinski definition) is 0. The average molecular weight is 359 g/mol. The van der Waals surface area contributed by atoms with Crippen molar-refractivity contribution in [1.29, 1.82) is 0 Å². The van der Waals surface area contributed by atoms with E-state index in [2.05, 4.69) is 19.8 Å². The third kappa shape index (κ3) is 4.05. The molecule has 0 spiro atoms. The summed E-state index contributed by atoms with van der Waals surface area (Å²) < 4.78 is 5.96. The smallest absolute Gasteiger partial charge is 0.225 e. The molecule has 2 aromatic rings. The van der Waals surface area contributed by atoms with Crippen LogP contribution in [0.15, 0.2) is 42.7 Å². The van der Waals surface area contributed by atoms with Gasteiger partial charge in [-0.25, -0.2) is 9.97 Å². The fourth-order valence-electron chi connectivity index (χ4n) is 3.78. The quantitative estimate of drug-likeness (QED) is 0.840. The van der Waals surface area contributed by atoms with E-state index in [4.69, 9.17) is 16.3 Å². The van der Waals surface area contributed by atoms with E-state index >= 15 is 0 Å². The van der Waals surface area contributed by atoms with Gasteiger partial charge < -0.3 is 9.64 Å². The molecule has 1 aromatic heterocycles. The second-order valence-electron chi connectivity index (χ2n) is 6.86. The number of fused-ring (bicyclic) bond motifs is 1. The van der Waals surface area contributed by atoms with Crippen LogP contribution in [0.4, 0.5) is 5.95 Å². The van der Waals surface area contributed by atoms with Gasteiger partial charge in [-0.05, 0) is 25.0 Å². The van der Waals surface area contributed by atoms with Gasteiger partial charge in [-0.2, -0.15) is 0 Å². The van der Waals surface area contributed by atoms with Gasteiger partial charge >= 0.3 is 0 Å². The van der Waals surface area contributed by atoms with Gasteiger partial charge in [-0.1, -0.05) is 29.8 Å². The van der Waals surface area contributed by atoms with Gasteiger partial charge in [0, 0.05) is 38.1 Å². The second kappa shape index (κ2) is 7.58. The lowest BCUT2D eigenvalue weighted by atomic mass is 9.91. The zero-order valence-electron chi connectivity index (χ0n) is 14.2.